The maximum Gasteiger partial charge on any atom is 0.129 e. The maximum atomic E-state index is 13.6. The minimum atomic E-state index is -0.482. The molecule has 0 aromatic heterocycles. The maximum absolute atomic E-state index is 13.6. The van der Waals surface area contributed by atoms with Crippen LogP contribution in [-0.4, -0.2) is 0 Å². The van der Waals surface area contributed by atoms with Crippen LogP contribution in [0.15, 0.2) is 18.2 Å². The van der Waals surface area contributed by atoms with E-state index >= 15 is 0 Å². The van der Waals surface area contributed by atoms with Crippen molar-refractivity contribution in [2.45, 2.75) is 77.6 Å². The first kappa shape index (κ1) is 17.4. The van der Waals surface area contributed by atoms with Gasteiger partial charge in [-0.15, -0.1) is 0 Å². The fourth-order valence-corrected chi connectivity index (χ4v) is 3.75. The number of unbranched alkanes of at least 4 members (excludes halogenated alkanes) is 3. The molecule has 0 amide bonds. The highest BCUT2D eigenvalue weighted by molar-refractivity contribution is 5.18. The van der Waals surface area contributed by atoms with Crippen molar-refractivity contribution in [3.8, 4) is 0 Å². The van der Waals surface area contributed by atoms with E-state index in [0.29, 0.717) is 5.56 Å². The van der Waals surface area contributed by atoms with Crippen molar-refractivity contribution in [1.82, 2.24) is 0 Å². The molecule has 22 heavy (non-hydrogen) atoms. The summed E-state index contributed by atoms with van der Waals surface area (Å²) in [6.45, 7) is 2.26. The number of hydrogen-bond acceptors (Lipinski definition) is 0. The van der Waals surface area contributed by atoms with Crippen molar-refractivity contribution in [2.75, 3.05) is 0 Å². The van der Waals surface area contributed by atoms with Gasteiger partial charge in [-0.25, -0.2) is 8.78 Å². The van der Waals surface area contributed by atoms with Crippen LogP contribution in [0.5, 0.6) is 0 Å². The fraction of sp³-hybridized carbons (Fsp3) is 0.700. The smallest absolute Gasteiger partial charge is 0.129 e. The topological polar surface area (TPSA) is 0 Å². The Kier molecular flexibility index (Phi) is 7.35. The van der Waals surface area contributed by atoms with Crippen LogP contribution in [0.3, 0.4) is 0 Å². The van der Waals surface area contributed by atoms with Gasteiger partial charge in [0.05, 0.1) is 0 Å². The van der Waals surface area contributed by atoms with Crippen LogP contribution in [0.4, 0.5) is 8.78 Å². The average molecular weight is 308 g/mol. The van der Waals surface area contributed by atoms with Gasteiger partial charge < -0.3 is 0 Å². The molecule has 0 radical (unpaired) electrons. The predicted molar refractivity (Wildman–Crippen MR) is 88.9 cm³/mol. The lowest BCUT2D eigenvalue weighted by molar-refractivity contribution is 0.248. The minimum Gasteiger partial charge on any atom is -0.207 e. The van der Waals surface area contributed by atoms with Crippen molar-refractivity contribution < 1.29 is 8.78 Å². The first-order valence-corrected chi connectivity index (χ1v) is 9.13. The quantitative estimate of drug-likeness (QED) is 0.470. The number of rotatable bonds is 8. The molecule has 2 heteroatoms. The van der Waals surface area contributed by atoms with Gasteiger partial charge in [-0.05, 0) is 36.3 Å². The number of halogens is 2. The molecule has 0 aliphatic heterocycles. The lowest BCUT2D eigenvalue weighted by atomic mass is 9.77. The number of hydrogen-bond donors (Lipinski definition) is 0. The van der Waals surface area contributed by atoms with Crippen LogP contribution in [0.2, 0.25) is 0 Å². The van der Waals surface area contributed by atoms with E-state index in [4.69, 9.17) is 0 Å². The highest BCUT2D eigenvalue weighted by atomic mass is 19.1. The van der Waals surface area contributed by atoms with E-state index in [2.05, 4.69) is 6.92 Å². The molecule has 1 aliphatic rings. The molecule has 1 aromatic carbocycles. The summed E-state index contributed by atoms with van der Waals surface area (Å²) in [7, 11) is 0. The monoisotopic (exact) mass is 308 g/mol. The highest BCUT2D eigenvalue weighted by Crippen LogP contribution is 2.34. The van der Waals surface area contributed by atoms with Crippen LogP contribution in [0.25, 0.3) is 0 Å². The molecule has 1 aliphatic carbocycles. The molecule has 0 N–H and O–H groups in total. The summed E-state index contributed by atoms with van der Waals surface area (Å²) in [5.74, 6) is 0.793. The molecule has 0 atom stereocenters. The summed E-state index contributed by atoms with van der Waals surface area (Å²) in [5, 5.41) is 0. The Morgan fingerprint density at radius 2 is 1.59 bits per heavy atom. The van der Waals surface area contributed by atoms with Crippen LogP contribution in [0, 0.1) is 23.5 Å². The van der Waals surface area contributed by atoms with E-state index in [1.807, 2.05) is 0 Å². The molecule has 0 unspecified atom stereocenters. The third kappa shape index (κ3) is 5.70. The molecule has 1 saturated carbocycles. The Hall–Kier alpha value is -0.920. The Balaban J connectivity index is 1.65. The third-order valence-corrected chi connectivity index (χ3v) is 5.27. The average Bonchev–Trinajstić information content (AvgIpc) is 2.52. The molecule has 0 spiro atoms. The van der Waals surface area contributed by atoms with E-state index in [-0.39, 0.29) is 5.82 Å². The van der Waals surface area contributed by atoms with Crippen LogP contribution < -0.4 is 0 Å². The molecule has 124 valence electrons. The van der Waals surface area contributed by atoms with Gasteiger partial charge in [0.1, 0.15) is 11.6 Å². The van der Waals surface area contributed by atoms with Gasteiger partial charge in [-0.1, -0.05) is 70.8 Å². The number of aryl methyl sites for hydroxylation is 1. The van der Waals surface area contributed by atoms with E-state index in [1.165, 1.54) is 63.9 Å². The van der Waals surface area contributed by atoms with Crippen LogP contribution >= 0.6 is 0 Å². The normalized spacial score (nSPS) is 22.0. The lowest BCUT2D eigenvalue weighted by Crippen LogP contribution is -2.15. The molecule has 2 rings (SSSR count). The molecule has 0 bridgehead atoms. The van der Waals surface area contributed by atoms with Crippen LogP contribution in [-0.2, 0) is 6.42 Å². The first-order valence-electron chi connectivity index (χ1n) is 9.13. The van der Waals surface area contributed by atoms with Gasteiger partial charge in [0.25, 0.3) is 0 Å². The van der Waals surface area contributed by atoms with Crippen molar-refractivity contribution in [3.05, 3.63) is 35.4 Å². The zero-order valence-electron chi connectivity index (χ0n) is 13.9. The summed E-state index contributed by atoms with van der Waals surface area (Å²) in [6.07, 6.45) is 14.0. The van der Waals surface area contributed by atoms with Crippen molar-refractivity contribution in [1.29, 1.82) is 0 Å². The van der Waals surface area contributed by atoms with Gasteiger partial charge in [-0.2, -0.15) is 0 Å². The Bertz CT molecular complexity index is 433. The Morgan fingerprint density at radius 3 is 2.23 bits per heavy atom. The van der Waals surface area contributed by atoms with Crippen LogP contribution in [0.1, 0.15) is 76.7 Å². The SMILES string of the molecule is CCCCCC[C@H]1CC[C@H](CCc2ccc(F)cc2F)CC1. The summed E-state index contributed by atoms with van der Waals surface area (Å²) >= 11 is 0. The van der Waals surface area contributed by atoms with Gasteiger partial charge in [0, 0.05) is 6.07 Å². The summed E-state index contributed by atoms with van der Waals surface area (Å²) < 4.78 is 26.5. The molecule has 0 saturated heterocycles. The Morgan fingerprint density at radius 1 is 0.909 bits per heavy atom. The molecular weight excluding hydrogens is 278 g/mol. The van der Waals surface area contributed by atoms with E-state index < -0.39 is 5.82 Å². The summed E-state index contributed by atoms with van der Waals surface area (Å²) in [6, 6.07) is 3.97. The van der Waals surface area contributed by atoms with Crippen molar-refractivity contribution >= 4 is 0 Å². The largest absolute Gasteiger partial charge is 0.207 e. The van der Waals surface area contributed by atoms with E-state index in [9.17, 15) is 8.78 Å². The fourth-order valence-electron chi connectivity index (χ4n) is 3.75. The summed E-state index contributed by atoms with van der Waals surface area (Å²) in [5.41, 5.74) is 0.670. The van der Waals surface area contributed by atoms with Crippen molar-refractivity contribution in [2.24, 2.45) is 11.8 Å². The van der Waals surface area contributed by atoms with E-state index in [0.717, 1.165) is 30.7 Å². The third-order valence-electron chi connectivity index (χ3n) is 5.27. The second-order valence-corrected chi connectivity index (χ2v) is 7.01. The molecule has 0 nitrogen and oxygen atoms in total. The van der Waals surface area contributed by atoms with Crippen molar-refractivity contribution in [3.63, 3.8) is 0 Å². The van der Waals surface area contributed by atoms with E-state index in [1.54, 1.807) is 6.07 Å². The molecular formula is C20H30F2. The zero-order valence-corrected chi connectivity index (χ0v) is 13.9. The zero-order chi connectivity index (χ0) is 15.8. The first-order chi connectivity index (χ1) is 10.7. The molecule has 0 heterocycles. The van der Waals surface area contributed by atoms with Gasteiger partial charge in [0.15, 0.2) is 0 Å². The summed E-state index contributed by atoms with van der Waals surface area (Å²) in [4.78, 5) is 0. The highest BCUT2D eigenvalue weighted by Gasteiger charge is 2.21. The Labute approximate surface area is 134 Å². The molecule has 1 aromatic rings. The molecule has 1 fully saturated rings. The lowest BCUT2D eigenvalue weighted by Gasteiger charge is -2.28. The second kappa shape index (κ2) is 9.27. The van der Waals surface area contributed by atoms with Gasteiger partial charge in [0.2, 0.25) is 0 Å². The van der Waals surface area contributed by atoms with Gasteiger partial charge >= 0.3 is 0 Å². The second-order valence-electron chi connectivity index (χ2n) is 7.01. The minimum absolute atomic E-state index is 0.385. The standard InChI is InChI=1S/C20H30F2/c1-2-3-4-5-6-16-7-9-17(10-8-16)11-12-18-13-14-19(21)15-20(18)22/h13-17H,2-12H2,1H3/t16-,17-. The predicted octanol–water partition coefficient (Wildman–Crippen LogP) is 6.67. The van der Waals surface area contributed by atoms with Gasteiger partial charge in [-0.3, -0.25) is 0 Å². The number of benzene rings is 1.